The molecule has 0 unspecified atom stereocenters. The van der Waals surface area contributed by atoms with Crippen LogP contribution in [-0.2, 0) is 11.3 Å². The van der Waals surface area contributed by atoms with Gasteiger partial charge in [-0.15, -0.1) is 0 Å². The Balaban J connectivity index is 1.58. The number of carbonyl (C=O) groups excluding carboxylic acids is 2. The molecule has 9 heteroatoms. The lowest BCUT2D eigenvalue weighted by atomic mass is 10.2. The normalized spacial score (nSPS) is 14.9. The van der Waals surface area contributed by atoms with Gasteiger partial charge in [0.15, 0.2) is 0 Å². The van der Waals surface area contributed by atoms with E-state index in [1.807, 2.05) is 0 Å². The van der Waals surface area contributed by atoms with Crippen LogP contribution in [0.5, 0.6) is 0 Å². The van der Waals surface area contributed by atoms with Crippen LogP contribution >= 0.6 is 23.2 Å². The number of imide groups is 1. The third-order valence-corrected chi connectivity index (χ3v) is 5.49. The summed E-state index contributed by atoms with van der Waals surface area (Å²) in [5.74, 6) is -1.48. The molecule has 4 rings (SSSR count). The van der Waals surface area contributed by atoms with Crippen molar-refractivity contribution in [3.05, 3.63) is 93.4 Å². The molecule has 1 aliphatic heterocycles. The molecule has 7 nitrogen and oxygen atoms in total. The Morgan fingerprint density at radius 3 is 2.45 bits per heavy atom. The van der Waals surface area contributed by atoms with Crippen LogP contribution in [0.2, 0.25) is 10.0 Å². The minimum absolute atomic E-state index is 0.0521. The van der Waals surface area contributed by atoms with Crippen molar-refractivity contribution in [2.45, 2.75) is 6.54 Å². The third-order valence-electron chi connectivity index (χ3n) is 4.75. The quantitative estimate of drug-likeness (QED) is 0.435. The number of halogens is 2. The van der Waals surface area contributed by atoms with Gasteiger partial charge in [-0.1, -0.05) is 29.3 Å². The van der Waals surface area contributed by atoms with Crippen LogP contribution in [-0.4, -0.2) is 32.5 Å². The van der Waals surface area contributed by atoms with E-state index in [0.717, 1.165) is 4.90 Å². The van der Waals surface area contributed by atoms with Crippen LogP contribution in [0.25, 0.3) is 11.8 Å². The Labute approximate surface area is 187 Å². The molecule has 3 amide bonds. The largest absolute Gasteiger partial charge is 0.478 e. The average molecular weight is 456 g/mol. The molecule has 0 bridgehead atoms. The van der Waals surface area contributed by atoms with E-state index in [0.29, 0.717) is 27.0 Å². The summed E-state index contributed by atoms with van der Waals surface area (Å²) in [6.45, 7) is 0.0521. The van der Waals surface area contributed by atoms with E-state index in [9.17, 15) is 14.4 Å². The summed E-state index contributed by atoms with van der Waals surface area (Å²) >= 11 is 11.9. The van der Waals surface area contributed by atoms with Gasteiger partial charge in [0.2, 0.25) is 0 Å². The number of rotatable bonds is 5. The van der Waals surface area contributed by atoms with Crippen molar-refractivity contribution >= 4 is 47.2 Å². The predicted octanol–water partition coefficient (Wildman–Crippen LogP) is 4.58. The van der Waals surface area contributed by atoms with Gasteiger partial charge in [-0.2, -0.15) is 0 Å². The number of aromatic nitrogens is 1. The Kier molecular flexibility index (Phi) is 5.54. The highest BCUT2D eigenvalue weighted by atomic mass is 35.5. The zero-order chi connectivity index (χ0) is 22.1. The highest BCUT2D eigenvalue weighted by Crippen LogP contribution is 2.25. The molecular weight excluding hydrogens is 441 g/mol. The van der Waals surface area contributed by atoms with Gasteiger partial charge in [-0.3, -0.25) is 9.69 Å². The Morgan fingerprint density at radius 1 is 1.03 bits per heavy atom. The van der Waals surface area contributed by atoms with Crippen molar-refractivity contribution in [1.29, 1.82) is 0 Å². The first-order chi connectivity index (χ1) is 14.8. The summed E-state index contributed by atoms with van der Waals surface area (Å²) in [6.07, 6.45) is 3.34. The molecule has 0 saturated carbocycles. The molecule has 156 valence electrons. The number of aromatic carboxylic acids is 1. The average Bonchev–Trinajstić information content (AvgIpc) is 3.31. The minimum Gasteiger partial charge on any atom is -0.478 e. The molecular formula is C22H15Cl2N3O4. The van der Waals surface area contributed by atoms with Gasteiger partial charge in [0, 0.05) is 17.6 Å². The van der Waals surface area contributed by atoms with Gasteiger partial charge in [0.25, 0.3) is 5.91 Å². The molecule has 1 fully saturated rings. The number of hydrogen-bond donors (Lipinski definition) is 2. The number of carboxylic acid groups (broad SMARTS) is 1. The van der Waals surface area contributed by atoms with E-state index in [-0.39, 0.29) is 17.8 Å². The Hall–Kier alpha value is -3.55. The first-order valence-corrected chi connectivity index (χ1v) is 9.88. The molecule has 0 radical (unpaired) electrons. The molecule has 0 aliphatic carbocycles. The van der Waals surface area contributed by atoms with E-state index in [4.69, 9.17) is 28.3 Å². The maximum Gasteiger partial charge on any atom is 0.335 e. The third kappa shape index (κ3) is 4.19. The first-order valence-electron chi connectivity index (χ1n) is 9.13. The maximum atomic E-state index is 12.8. The zero-order valence-corrected chi connectivity index (χ0v) is 17.4. The van der Waals surface area contributed by atoms with Crippen LogP contribution < -0.4 is 5.32 Å². The number of amides is 3. The van der Waals surface area contributed by atoms with Crippen molar-refractivity contribution in [2.24, 2.45) is 0 Å². The molecule has 0 spiro atoms. The smallest absolute Gasteiger partial charge is 0.335 e. The lowest BCUT2D eigenvalue weighted by molar-refractivity contribution is -0.123. The Morgan fingerprint density at radius 2 is 1.77 bits per heavy atom. The fraction of sp³-hybridized carbons (Fsp3) is 0.0455. The maximum absolute atomic E-state index is 12.8. The molecule has 1 aliphatic rings. The molecule has 3 aromatic rings. The second-order valence-corrected chi connectivity index (χ2v) is 7.60. The SMILES string of the molecule is O=C(O)c1ccc(-n2cccc2/C=C2\NC(=O)N(Cc3ccc(Cl)c(Cl)c3)C2=O)cc1. The summed E-state index contributed by atoms with van der Waals surface area (Å²) in [6, 6.07) is 14.3. The molecule has 31 heavy (non-hydrogen) atoms. The monoisotopic (exact) mass is 455 g/mol. The van der Waals surface area contributed by atoms with Gasteiger partial charge in [0.05, 0.1) is 22.2 Å². The van der Waals surface area contributed by atoms with Gasteiger partial charge in [-0.25, -0.2) is 9.59 Å². The molecule has 2 heterocycles. The van der Waals surface area contributed by atoms with Gasteiger partial charge in [-0.05, 0) is 60.2 Å². The summed E-state index contributed by atoms with van der Waals surface area (Å²) in [4.78, 5) is 37.3. The number of carboxylic acids is 1. The van der Waals surface area contributed by atoms with E-state index >= 15 is 0 Å². The molecule has 0 atom stereocenters. The summed E-state index contributed by atoms with van der Waals surface area (Å²) in [7, 11) is 0. The number of nitrogens with one attached hydrogen (secondary N) is 1. The standard InChI is InChI=1S/C22H15Cl2N3O4/c23-17-8-3-13(10-18(17)24)12-27-20(28)19(25-22(27)31)11-16-2-1-9-26(16)15-6-4-14(5-7-15)21(29)30/h1-11H,12H2,(H,25,31)(H,29,30)/b19-11-. The van der Waals surface area contributed by atoms with Crippen LogP contribution in [0.15, 0.2) is 66.5 Å². The number of hydrogen-bond acceptors (Lipinski definition) is 3. The Bertz CT molecular complexity index is 1230. The second-order valence-electron chi connectivity index (χ2n) is 6.78. The number of benzene rings is 2. The van der Waals surface area contributed by atoms with E-state index in [2.05, 4.69) is 5.32 Å². The second kappa shape index (κ2) is 8.29. The summed E-state index contributed by atoms with van der Waals surface area (Å²) < 4.78 is 1.78. The molecule has 2 aromatic carbocycles. The fourth-order valence-corrected chi connectivity index (χ4v) is 3.52. The lowest BCUT2D eigenvalue weighted by Gasteiger charge is -2.12. The van der Waals surface area contributed by atoms with Gasteiger partial charge in [0.1, 0.15) is 5.70 Å². The number of nitrogens with zero attached hydrogens (tertiary/aromatic N) is 2. The van der Waals surface area contributed by atoms with E-state index < -0.39 is 17.9 Å². The van der Waals surface area contributed by atoms with Crippen LogP contribution in [0.1, 0.15) is 21.6 Å². The van der Waals surface area contributed by atoms with Crippen LogP contribution in [0.4, 0.5) is 4.79 Å². The first kappa shape index (κ1) is 20.7. The highest BCUT2D eigenvalue weighted by molar-refractivity contribution is 6.42. The molecule has 1 saturated heterocycles. The van der Waals surface area contributed by atoms with Crippen molar-refractivity contribution < 1.29 is 19.5 Å². The van der Waals surface area contributed by atoms with Crippen LogP contribution in [0, 0.1) is 0 Å². The highest BCUT2D eigenvalue weighted by Gasteiger charge is 2.33. The van der Waals surface area contributed by atoms with Gasteiger partial charge < -0.3 is 15.0 Å². The van der Waals surface area contributed by atoms with E-state index in [1.165, 1.54) is 12.1 Å². The summed E-state index contributed by atoms with van der Waals surface area (Å²) in [5.41, 5.74) is 2.33. The van der Waals surface area contributed by atoms with Crippen molar-refractivity contribution in [1.82, 2.24) is 14.8 Å². The van der Waals surface area contributed by atoms with Crippen molar-refractivity contribution in [2.75, 3.05) is 0 Å². The lowest BCUT2D eigenvalue weighted by Crippen LogP contribution is -2.30. The number of carbonyl (C=O) groups is 3. The topological polar surface area (TPSA) is 91.6 Å². The van der Waals surface area contributed by atoms with Gasteiger partial charge >= 0.3 is 12.0 Å². The molecule has 1 aromatic heterocycles. The minimum atomic E-state index is -1.01. The van der Waals surface area contributed by atoms with Crippen molar-refractivity contribution in [3.8, 4) is 5.69 Å². The van der Waals surface area contributed by atoms with Crippen LogP contribution in [0.3, 0.4) is 0 Å². The fourth-order valence-electron chi connectivity index (χ4n) is 3.20. The number of urea groups is 1. The molecule has 2 N–H and O–H groups in total. The van der Waals surface area contributed by atoms with Crippen molar-refractivity contribution in [3.63, 3.8) is 0 Å². The predicted molar refractivity (Wildman–Crippen MR) is 116 cm³/mol. The summed E-state index contributed by atoms with van der Waals surface area (Å²) in [5, 5.41) is 12.4. The zero-order valence-electron chi connectivity index (χ0n) is 15.9. The van der Waals surface area contributed by atoms with E-state index in [1.54, 1.807) is 59.3 Å².